The number of nitrogens with zero attached hydrogens (tertiary/aromatic N) is 5. The van der Waals surface area contributed by atoms with Crippen molar-refractivity contribution in [3.63, 3.8) is 0 Å². The Balaban J connectivity index is 1.23. The molecular formula is C26H27N5O2. The number of fused-ring (bicyclic) bond motifs is 1. The van der Waals surface area contributed by atoms with E-state index < -0.39 is 0 Å². The molecule has 0 bridgehead atoms. The maximum absolute atomic E-state index is 12.5. The summed E-state index contributed by atoms with van der Waals surface area (Å²) < 4.78 is 0. The molecule has 168 valence electrons. The van der Waals surface area contributed by atoms with Crippen LogP contribution >= 0.6 is 0 Å². The number of aromatic nitrogens is 2. The molecule has 0 N–H and O–H groups in total. The molecule has 5 rings (SSSR count). The molecule has 1 aliphatic heterocycles. The van der Waals surface area contributed by atoms with Crippen molar-refractivity contribution >= 4 is 23.3 Å². The Kier molecular flexibility index (Phi) is 5.77. The lowest BCUT2D eigenvalue weighted by Gasteiger charge is -2.36. The first-order chi connectivity index (χ1) is 16.1. The highest BCUT2D eigenvalue weighted by Crippen LogP contribution is 2.40. The number of nitriles is 1. The van der Waals surface area contributed by atoms with Crippen molar-refractivity contribution in [1.29, 1.82) is 5.26 Å². The highest BCUT2D eigenvalue weighted by molar-refractivity contribution is 6.04. The first kappa shape index (κ1) is 21.5. The lowest BCUT2D eigenvalue weighted by Crippen LogP contribution is -2.46. The summed E-state index contributed by atoms with van der Waals surface area (Å²) in [5.41, 5.74) is 5.53. The molecule has 0 aromatic carbocycles. The molecule has 3 aliphatic rings. The molecule has 2 aliphatic carbocycles. The summed E-state index contributed by atoms with van der Waals surface area (Å²) in [6.07, 6.45) is 7.03. The normalized spacial score (nSPS) is 18.5. The van der Waals surface area contributed by atoms with Crippen LogP contribution in [0, 0.1) is 17.2 Å². The number of carbonyl (C=O) groups is 2. The van der Waals surface area contributed by atoms with Gasteiger partial charge in [0.15, 0.2) is 17.3 Å². The highest BCUT2D eigenvalue weighted by Gasteiger charge is 2.33. The van der Waals surface area contributed by atoms with Crippen molar-refractivity contribution in [2.45, 2.75) is 39.2 Å². The molecule has 2 aromatic rings. The number of hydrogen-bond donors (Lipinski definition) is 0. The first-order valence-electron chi connectivity index (χ1n) is 11.7. The maximum atomic E-state index is 12.5. The van der Waals surface area contributed by atoms with E-state index in [-0.39, 0.29) is 11.6 Å². The van der Waals surface area contributed by atoms with Crippen molar-refractivity contribution < 1.29 is 9.59 Å². The number of carbonyl (C=O) groups excluding carboxylic acids is 2. The van der Waals surface area contributed by atoms with Crippen LogP contribution in [0.2, 0.25) is 0 Å². The molecule has 7 heteroatoms. The molecule has 2 aromatic heterocycles. The summed E-state index contributed by atoms with van der Waals surface area (Å²) in [5.74, 6) is 0.664. The molecule has 0 radical (unpaired) electrons. The van der Waals surface area contributed by atoms with Crippen molar-refractivity contribution in [2.24, 2.45) is 5.92 Å². The van der Waals surface area contributed by atoms with E-state index in [4.69, 9.17) is 0 Å². The molecular weight excluding hydrogens is 414 g/mol. The average Bonchev–Trinajstić information content (AvgIpc) is 3.68. The molecule has 0 amide bonds. The largest absolute Gasteiger partial charge is 0.367 e. The zero-order valence-corrected chi connectivity index (χ0v) is 18.9. The van der Waals surface area contributed by atoms with E-state index in [9.17, 15) is 14.9 Å². The Morgan fingerprint density at radius 2 is 2.00 bits per heavy atom. The van der Waals surface area contributed by atoms with Gasteiger partial charge in [-0.2, -0.15) is 5.26 Å². The van der Waals surface area contributed by atoms with Crippen LogP contribution in [-0.4, -0.2) is 52.6 Å². The Labute approximate surface area is 193 Å². The fourth-order valence-electron chi connectivity index (χ4n) is 4.70. The van der Waals surface area contributed by atoms with Crippen LogP contribution in [0.1, 0.15) is 59.2 Å². The van der Waals surface area contributed by atoms with Crippen LogP contribution in [0.15, 0.2) is 30.0 Å². The van der Waals surface area contributed by atoms with Crippen LogP contribution < -0.4 is 4.90 Å². The van der Waals surface area contributed by atoms with Crippen molar-refractivity contribution in [3.05, 3.63) is 58.2 Å². The number of ketones is 2. The van der Waals surface area contributed by atoms with Crippen LogP contribution in [0.3, 0.4) is 0 Å². The molecule has 33 heavy (non-hydrogen) atoms. The average molecular weight is 442 g/mol. The van der Waals surface area contributed by atoms with Crippen molar-refractivity contribution in [3.8, 4) is 6.07 Å². The van der Waals surface area contributed by atoms with Gasteiger partial charge in [-0.1, -0.05) is 13.0 Å². The van der Waals surface area contributed by atoms with E-state index in [0.717, 1.165) is 73.6 Å². The van der Waals surface area contributed by atoms with Crippen LogP contribution in [0.25, 0.3) is 6.08 Å². The molecule has 0 spiro atoms. The number of anilines is 1. The Morgan fingerprint density at radius 1 is 1.21 bits per heavy atom. The van der Waals surface area contributed by atoms with Gasteiger partial charge in [0.25, 0.3) is 0 Å². The van der Waals surface area contributed by atoms with E-state index in [1.54, 1.807) is 13.0 Å². The van der Waals surface area contributed by atoms with Gasteiger partial charge in [-0.15, -0.1) is 0 Å². The van der Waals surface area contributed by atoms with E-state index in [0.29, 0.717) is 30.1 Å². The molecule has 0 atom stereocenters. The van der Waals surface area contributed by atoms with Gasteiger partial charge >= 0.3 is 0 Å². The molecule has 1 saturated carbocycles. The summed E-state index contributed by atoms with van der Waals surface area (Å²) in [5, 5.41) is 9.54. The third-order valence-corrected chi connectivity index (χ3v) is 6.75. The number of rotatable bonds is 6. The van der Waals surface area contributed by atoms with Crippen LogP contribution in [0.4, 0.5) is 5.69 Å². The van der Waals surface area contributed by atoms with E-state index in [2.05, 4.69) is 31.9 Å². The van der Waals surface area contributed by atoms with Crippen LogP contribution in [-0.2, 0) is 17.8 Å². The van der Waals surface area contributed by atoms with Gasteiger partial charge in [-0.05, 0) is 48.1 Å². The second kappa shape index (κ2) is 8.87. The van der Waals surface area contributed by atoms with E-state index in [1.807, 2.05) is 18.3 Å². The number of Topliss-reactive ketones (excluding diaryl/α,β-unsaturated/α-hetero) is 2. The SMILES string of the molecule is CCC(=O)c1ccc(N2CCN(Cc3cnc4c(c3)CC(=O)C(C3CC3)=C4)CC2)c(C#N)n1. The number of piperazine rings is 1. The summed E-state index contributed by atoms with van der Waals surface area (Å²) in [7, 11) is 0. The summed E-state index contributed by atoms with van der Waals surface area (Å²) in [6.45, 7) is 5.84. The van der Waals surface area contributed by atoms with E-state index in [1.165, 1.54) is 0 Å². The summed E-state index contributed by atoms with van der Waals surface area (Å²) in [6, 6.07) is 7.85. The van der Waals surface area contributed by atoms with Gasteiger partial charge in [-0.25, -0.2) is 4.98 Å². The quantitative estimate of drug-likeness (QED) is 0.636. The molecule has 1 saturated heterocycles. The topological polar surface area (TPSA) is 90.2 Å². The second-order valence-electron chi connectivity index (χ2n) is 9.08. The minimum atomic E-state index is -0.0533. The van der Waals surface area contributed by atoms with Gasteiger partial charge in [0, 0.05) is 57.3 Å². The zero-order chi connectivity index (χ0) is 22.9. The molecule has 3 heterocycles. The van der Waals surface area contributed by atoms with Crippen molar-refractivity contribution in [2.75, 3.05) is 31.1 Å². The zero-order valence-electron chi connectivity index (χ0n) is 18.9. The molecule has 7 nitrogen and oxygen atoms in total. The standard InChI is InChI=1S/C26H27N5O2/c1-2-25(32)21-5-6-24(23(14-27)29-21)31-9-7-30(8-10-31)16-17-11-19-12-26(33)20(18-3-4-18)13-22(19)28-15-17/h5-6,11,13,15,18H,2-4,7-10,12,16H2,1H3. The van der Waals surface area contributed by atoms with Crippen LogP contribution in [0.5, 0.6) is 0 Å². The lowest BCUT2D eigenvalue weighted by atomic mass is 9.91. The first-order valence-corrected chi connectivity index (χ1v) is 11.7. The highest BCUT2D eigenvalue weighted by atomic mass is 16.1. The van der Waals surface area contributed by atoms with Gasteiger partial charge in [-0.3, -0.25) is 19.5 Å². The second-order valence-corrected chi connectivity index (χ2v) is 9.08. The maximum Gasteiger partial charge on any atom is 0.180 e. The third kappa shape index (κ3) is 4.44. The van der Waals surface area contributed by atoms with Gasteiger partial charge in [0.1, 0.15) is 11.8 Å². The van der Waals surface area contributed by atoms with E-state index >= 15 is 0 Å². The Morgan fingerprint density at radius 3 is 2.70 bits per heavy atom. The fraction of sp³-hybridized carbons (Fsp3) is 0.423. The molecule has 0 unspecified atom stereocenters. The summed E-state index contributed by atoms with van der Waals surface area (Å²) in [4.78, 5) is 37.9. The lowest BCUT2D eigenvalue weighted by molar-refractivity contribution is -0.115. The number of hydrogen-bond acceptors (Lipinski definition) is 7. The number of allylic oxidation sites excluding steroid dienone is 1. The smallest absolute Gasteiger partial charge is 0.180 e. The monoisotopic (exact) mass is 441 g/mol. The van der Waals surface area contributed by atoms with Gasteiger partial charge < -0.3 is 4.90 Å². The number of pyridine rings is 2. The van der Waals surface area contributed by atoms with Gasteiger partial charge in [0.2, 0.25) is 0 Å². The fourth-order valence-corrected chi connectivity index (χ4v) is 4.70. The predicted octanol–water partition coefficient (Wildman–Crippen LogP) is 3.18. The predicted molar refractivity (Wildman–Crippen MR) is 125 cm³/mol. The summed E-state index contributed by atoms with van der Waals surface area (Å²) >= 11 is 0. The minimum Gasteiger partial charge on any atom is -0.367 e. The minimum absolute atomic E-state index is 0.0533. The Hall–Kier alpha value is -3.37. The Bertz CT molecular complexity index is 1180. The van der Waals surface area contributed by atoms with Crippen molar-refractivity contribution in [1.82, 2.24) is 14.9 Å². The third-order valence-electron chi connectivity index (χ3n) is 6.75. The van der Waals surface area contributed by atoms with Gasteiger partial charge in [0.05, 0.1) is 11.4 Å². The molecule has 2 fully saturated rings.